The Morgan fingerprint density at radius 1 is 1.10 bits per heavy atom. The average Bonchev–Trinajstić information content (AvgIpc) is 2.50. The minimum absolute atomic E-state index is 0.540. The minimum Gasteiger partial charge on any atom is -0.493 e. The highest BCUT2D eigenvalue weighted by molar-refractivity contribution is 6.02. The van der Waals surface area contributed by atoms with Crippen LogP contribution in [0.3, 0.4) is 0 Å². The van der Waals surface area contributed by atoms with Crippen LogP contribution in [0.2, 0.25) is 0 Å². The van der Waals surface area contributed by atoms with E-state index in [2.05, 4.69) is 10.5 Å². The Kier molecular flexibility index (Phi) is 4.20. The second-order valence-electron chi connectivity index (χ2n) is 4.21. The van der Waals surface area contributed by atoms with Crippen molar-refractivity contribution in [3.8, 4) is 11.5 Å². The predicted octanol–water partition coefficient (Wildman–Crippen LogP) is 2.33. The lowest BCUT2D eigenvalue weighted by atomic mass is 10.0. The van der Waals surface area contributed by atoms with Gasteiger partial charge in [0.25, 0.3) is 0 Å². The van der Waals surface area contributed by atoms with Gasteiger partial charge in [-0.05, 0) is 41.5 Å². The summed E-state index contributed by atoms with van der Waals surface area (Å²) in [7, 11) is 3.22. The molecule has 0 bridgehead atoms. The molecule has 104 valence electrons. The molecular formula is C15H16N2O3. The molecule has 2 aromatic carbocycles. The van der Waals surface area contributed by atoms with Crippen LogP contribution in [0.1, 0.15) is 12.5 Å². The van der Waals surface area contributed by atoms with Crippen LogP contribution in [0.25, 0.3) is 10.8 Å². The normalized spacial score (nSPS) is 11.2. The van der Waals surface area contributed by atoms with E-state index in [1.54, 1.807) is 14.2 Å². The number of methoxy groups -OCH3 is 2. The lowest BCUT2D eigenvalue weighted by Gasteiger charge is -2.10. The Balaban J connectivity index is 2.51. The highest BCUT2D eigenvalue weighted by Crippen LogP contribution is 2.32. The van der Waals surface area contributed by atoms with Gasteiger partial charge in [0.2, 0.25) is 6.41 Å². The van der Waals surface area contributed by atoms with E-state index in [1.165, 1.54) is 0 Å². The summed E-state index contributed by atoms with van der Waals surface area (Å²) in [5.41, 5.74) is 3.96. The maximum absolute atomic E-state index is 10.3. The van der Waals surface area contributed by atoms with E-state index in [0.29, 0.717) is 17.9 Å². The summed E-state index contributed by atoms with van der Waals surface area (Å²) in [5, 5.41) is 6.00. The van der Waals surface area contributed by atoms with Crippen LogP contribution in [-0.2, 0) is 4.79 Å². The van der Waals surface area contributed by atoms with Crippen LogP contribution in [-0.4, -0.2) is 26.3 Å². The van der Waals surface area contributed by atoms with Gasteiger partial charge in [-0.2, -0.15) is 5.10 Å². The minimum atomic E-state index is 0.540. The quantitative estimate of drug-likeness (QED) is 0.516. The maximum atomic E-state index is 10.3. The molecule has 0 aliphatic rings. The average molecular weight is 272 g/mol. The molecule has 5 nitrogen and oxygen atoms in total. The number of benzene rings is 2. The zero-order valence-corrected chi connectivity index (χ0v) is 11.6. The van der Waals surface area contributed by atoms with Gasteiger partial charge in [0.05, 0.1) is 19.9 Å². The summed E-state index contributed by atoms with van der Waals surface area (Å²) < 4.78 is 10.6. The number of fused-ring (bicyclic) bond motifs is 1. The summed E-state index contributed by atoms with van der Waals surface area (Å²) in [6.07, 6.45) is 0.540. The smallest absolute Gasteiger partial charge is 0.227 e. The summed E-state index contributed by atoms with van der Waals surface area (Å²) in [5.74, 6) is 1.37. The van der Waals surface area contributed by atoms with Crippen molar-refractivity contribution in [2.45, 2.75) is 6.92 Å². The predicted molar refractivity (Wildman–Crippen MR) is 78.5 cm³/mol. The fraction of sp³-hybridized carbons (Fsp3) is 0.200. The third-order valence-corrected chi connectivity index (χ3v) is 3.05. The van der Waals surface area contributed by atoms with Crippen LogP contribution in [0, 0.1) is 0 Å². The lowest BCUT2D eigenvalue weighted by Crippen LogP contribution is -2.06. The van der Waals surface area contributed by atoms with Crippen molar-refractivity contribution >= 4 is 22.9 Å². The summed E-state index contributed by atoms with van der Waals surface area (Å²) in [6, 6.07) is 9.75. The highest BCUT2D eigenvalue weighted by atomic mass is 16.5. The van der Waals surface area contributed by atoms with E-state index in [0.717, 1.165) is 22.0 Å². The molecule has 0 aromatic heterocycles. The van der Waals surface area contributed by atoms with Gasteiger partial charge in [-0.25, -0.2) is 5.43 Å². The van der Waals surface area contributed by atoms with E-state index < -0.39 is 0 Å². The highest BCUT2D eigenvalue weighted by Gasteiger charge is 2.07. The first-order chi connectivity index (χ1) is 9.69. The van der Waals surface area contributed by atoms with Gasteiger partial charge in [-0.1, -0.05) is 12.1 Å². The van der Waals surface area contributed by atoms with Crippen LogP contribution < -0.4 is 14.9 Å². The number of hydrazone groups is 1. The fourth-order valence-corrected chi connectivity index (χ4v) is 1.99. The number of ether oxygens (including phenoxy) is 2. The molecule has 0 saturated carbocycles. The van der Waals surface area contributed by atoms with Gasteiger partial charge in [-0.15, -0.1) is 0 Å². The number of hydrogen-bond acceptors (Lipinski definition) is 4. The van der Waals surface area contributed by atoms with Crippen molar-refractivity contribution in [3.05, 3.63) is 35.9 Å². The van der Waals surface area contributed by atoms with Crippen molar-refractivity contribution in [1.29, 1.82) is 0 Å². The van der Waals surface area contributed by atoms with Gasteiger partial charge in [0.15, 0.2) is 11.5 Å². The van der Waals surface area contributed by atoms with Crippen molar-refractivity contribution < 1.29 is 14.3 Å². The molecule has 0 aliphatic heterocycles. The monoisotopic (exact) mass is 272 g/mol. The van der Waals surface area contributed by atoms with Crippen LogP contribution in [0.5, 0.6) is 11.5 Å². The van der Waals surface area contributed by atoms with Crippen LogP contribution in [0.4, 0.5) is 0 Å². The first-order valence-electron chi connectivity index (χ1n) is 6.09. The number of rotatable bonds is 5. The number of carbonyl (C=O) groups is 1. The Hall–Kier alpha value is -2.56. The SMILES string of the molecule is COc1cc2ccc(/C(C)=N/NC=O)cc2cc1OC. The Morgan fingerprint density at radius 2 is 1.75 bits per heavy atom. The number of nitrogens with one attached hydrogen (secondary N) is 1. The molecular weight excluding hydrogens is 256 g/mol. The van der Waals surface area contributed by atoms with Gasteiger partial charge >= 0.3 is 0 Å². The fourth-order valence-electron chi connectivity index (χ4n) is 1.99. The van der Waals surface area contributed by atoms with E-state index in [1.807, 2.05) is 37.3 Å². The van der Waals surface area contributed by atoms with E-state index in [9.17, 15) is 4.79 Å². The second kappa shape index (κ2) is 6.06. The molecule has 0 radical (unpaired) electrons. The molecule has 20 heavy (non-hydrogen) atoms. The first kappa shape index (κ1) is 13.9. The molecule has 2 aromatic rings. The molecule has 1 N–H and O–H groups in total. The first-order valence-corrected chi connectivity index (χ1v) is 6.09. The zero-order valence-electron chi connectivity index (χ0n) is 11.6. The Labute approximate surface area is 117 Å². The summed E-state index contributed by atoms with van der Waals surface area (Å²) >= 11 is 0. The number of amides is 1. The maximum Gasteiger partial charge on any atom is 0.227 e. The summed E-state index contributed by atoms with van der Waals surface area (Å²) in [6.45, 7) is 1.83. The lowest BCUT2D eigenvalue weighted by molar-refractivity contribution is -0.109. The van der Waals surface area contributed by atoms with E-state index >= 15 is 0 Å². The number of carbonyl (C=O) groups excluding carboxylic acids is 1. The number of hydrogen-bond donors (Lipinski definition) is 1. The molecule has 0 atom stereocenters. The molecule has 0 aliphatic carbocycles. The largest absolute Gasteiger partial charge is 0.493 e. The van der Waals surface area contributed by atoms with Crippen molar-refractivity contribution in [1.82, 2.24) is 5.43 Å². The van der Waals surface area contributed by atoms with Gasteiger partial charge in [0, 0.05) is 0 Å². The van der Waals surface area contributed by atoms with E-state index in [4.69, 9.17) is 9.47 Å². The molecule has 5 heteroatoms. The second-order valence-corrected chi connectivity index (χ2v) is 4.21. The van der Waals surface area contributed by atoms with Gasteiger partial charge < -0.3 is 9.47 Å². The van der Waals surface area contributed by atoms with Gasteiger partial charge in [-0.3, -0.25) is 4.79 Å². The third kappa shape index (κ3) is 2.71. The van der Waals surface area contributed by atoms with Crippen molar-refractivity contribution in [2.24, 2.45) is 5.10 Å². The Morgan fingerprint density at radius 3 is 2.35 bits per heavy atom. The Bertz CT molecular complexity index is 665. The molecule has 1 amide bonds. The zero-order chi connectivity index (χ0) is 14.5. The van der Waals surface area contributed by atoms with E-state index in [-0.39, 0.29) is 0 Å². The molecule has 0 spiro atoms. The van der Waals surface area contributed by atoms with Crippen LogP contribution >= 0.6 is 0 Å². The molecule has 0 heterocycles. The summed E-state index contributed by atoms with van der Waals surface area (Å²) in [4.78, 5) is 10.3. The molecule has 0 fully saturated rings. The van der Waals surface area contributed by atoms with Crippen molar-refractivity contribution in [3.63, 3.8) is 0 Å². The third-order valence-electron chi connectivity index (χ3n) is 3.05. The number of nitrogens with zero attached hydrogens (tertiary/aromatic N) is 1. The van der Waals surface area contributed by atoms with Crippen molar-refractivity contribution in [2.75, 3.05) is 14.2 Å². The van der Waals surface area contributed by atoms with Crippen LogP contribution in [0.15, 0.2) is 35.4 Å². The molecule has 0 unspecified atom stereocenters. The molecule has 0 saturated heterocycles. The van der Waals surface area contributed by atoms with Gasteiger partial charge in [0.1, 0.15) is 0 Å². The standard InChI is InChI=1S/C15H16N2O3/c1-10(17-16-9-18)11-4-5-12-7-14(19-2)15(20-3)8-13(12)6-11/h4-9H,1-3H3,(H,16,18)/b17-10+. The molecule has 2 rings (SSSR count). The topological polar surface area (TPSA) is 59.9 Å².